The highest BCUT2D eigenvalue weighted by Crippen LogP contribution is 2.43. The summed E-state index contributed by atoms with van der Waals surface area (Å²) in [6.07, 6.45) is 4.54. The second-order valence-electron chi connectivity index (χ2n) is 10.3. The van der Waals surface area contributed by atoms with E-state index in [0.717, 1.165) is 34.3 Å². The molecule has 0 bridgehead atoms. The van der Waals surface area contributed by atoms with Gasteiger partial charge < -0.3 is 4.42 Å². The van der Waals surface area contributed by atoms with Crippen LogP contribution in [0.25, 0.3) is 33.2 Å². The fraction of sp³-hybridized carbons (Fsp3) is 0.370. The van der Waals surface area contributed by atoms with Crippen LogP contribution in [0.15, 0.2) is 59.1 Å². The Bertz CT molecular complexity index is 1220. The zero-order valence-corrected chi connectivity index (χ0v) is 19.7. The van der Waals surface area contributed by atoms with Gasteiger partial charge in [0, 0.05) is 22.5 Å². The summed E-state index contributed by atoms with van der Waals surface area (Å²) in [7, 11) is -1.53. The van der Waals surface area contributed by atoms with Gasteiger partial charge in [-0.2, -0.15) is 0 Å². The second-order valence-corrected chi connectivity index (χ2v) is 15.3. The number of pyridine rings is 1. The zero-order valence-electron chi connectivity index (χ0n) is 18.7. The van der Waals surface area contributed by atoms with Crippen LogP contribution in [0.1, 0.15) is 38.2 Å². The van der Waals surface area contributed by atoms with Gasteiger partial charge in [0.2, 0.25) is 0 Å². The first-order valence-electron chi connectivity index (χ1n) is 11.2. The van der Waals surface area contributed by atoms with Gasteiger partial charge in [-0.15, -0.1) is 0 Å². The Kier molecular flexibility index (Phi) is 4.62. The van der Waals surface area contributed by atoms with Gasteiger partial charge >= 0.3 is 0 Å². The molecule has 30 heavy (non-hydrogen) atoms. The number of benzene rings is 2. The van der Waals surface area contributed by atoms with Crippen molar-refractivity contribution < 1.29 is 4.42 Å². The number of furan rings is 1. The van der Waals surface area contributed by atoms with Crippen molar-refractivity contribution in [3.8, 4) is 11.3 Å². The first-order chi connectivity index (χ1) is 14.3. The van der Waals surface area contributed by atoms with Crippen molar-refractivity contribution in [1.29, 1.82) is 0 Å². The van der Waals surface area contributed by atoms with Crippen LogP contribution in [0.3, 0.4) is 0 Å². The van der Waals surface area contributed by atoms with Crippen LogP contribution in [0.5, 0.6) is 0 Å². The molecule has 2 unspecified atom stereocenters. The van der Waals surface area contributed by atoms with E-state index in [-0.39, 0.29) is 0 Å². The summed E-state index contributed by atoms with van der Waals surface area (Å²) in [6, 6.07) is 17.5. The Morgan fingerprint density at radius 2 is 1.67 bits per heavy atom. The molecule has 154 valence electrons. The van der Waals surface area contributed by atoms with Crippen molar-refractivity contribution in [1.82, 2.24) is 4.98 Å². The standard InChI is InChI=1S/C27H31NOSi/c1-17-14-20(15-18(17)2)19-12-13-28-23(16-19)21-10-11-25(30(3,4)5)26-22-8-6-7-9-24(22)29-27(21)26/h6-13,16-18,20H,14-15H2,1-5H3. The minimum Gasteiger partial charge on any atom is -0.455 e. The lowest BCUT2D eigenvalue weighted by Crippen LogP contribution is -2.37. The van der Waals surface area contributed by atoms with Gasteiger partial charge in [0.25, 0.3) is 0 Å². The summed E-state index contributed by atoms with van der Waals surface area (Å²) < 4.78 is 6.46. The van der Waals surface area contributed by atoms with E-state index in [2.05, 4.69) is 82.0 Å². The SMILES string of the molecule is CC1CC(c2ccnc(-c3ccc([Si](C)(C)C)c4c3oc3ccccc34)c2)CC1C. The Hall–Kier alpha value is -2.39. The highest BCUT2D eigenvalue weighted by molar-refractivity contribution is 6.90. The summed E-state index contributed by atoms with van der Waals surface area (Å²) in [5.74, 6) is 2.23. The normalized spacial score (nSPS) is 22.2. The van der Waals surface area contributed by atoms with E-state index in [1.807, 2.05) is 6.20 Å². The van der Waals surface area contributed by atoms with Crippen molar-refractivity contribution in [3.05, 3.63) is 60.3 Å². The molecule has 0 N–H and O–H groups in total. The van der Waals surface area contributed by atoms with Crippen LogP contribution >= 0.6 is 0 Å². The highest BCUT2D eigenvalue weighted by Gasteiger charge is 2.30. The number of para-hydroxylation sites is 1. The van der Waals surface area contributed by atoms with E-state index in [1.165, 1.54) is 34.4 Å². The molecule has 4 aromatic rings. The number of nitrogens with zero attached hydrogens (tertiary/aromatic N) is 1. The van der Waals surface area contributed by atoms with Crippen molar-refractivity contribution in [2.75, 3.05) is 0 Å². The third-order valence-electron chi connectivity index (χ3n) is 7.15. The topological polar surface area (TPSA) is 26.0 Å². The lowest BCUT2D eigenvalue weighted by Gasteiger charge is -2.19. The van der Waals surface area contributed by atoms with Gasteiger partial charge in [-0.3, -0.25) is 4.98 Å². The fourth-order valence-corrected chi connectivity index (χ4v) is 6.82. The van der Waals surface area contributed by atoms with Gasteiger partial charge in [-0.25, -0.2) is 0 Å². The highest BCUT2D eigenvalue weighted by atomic mass is 28.3. The molecule has 0 spiro atoms. The van der Waals surface area contributed by atoms with Crippen molar-refractivity contribution in [2.24, 2.45) is 11.8 Å². The third kappa shape index (κ3) is 3.20. The molecule has 1 saturated carbocycles. The number of hydrogen-bond donors (Lipinski definition) is 0. The van der Waals surface area contributed by atoms with Gasteiger partial charge in [0.1, 0.15) is 11.2 Å². The Morgan fingerprint density at radius 1 is 0.933 bits per heavy atom. The molecule has 1 fully saturated rings. The molecule has 5 rings (SSSR count). The second kappa shape index (κ2) is 7.09. The van der Waals surface area contributed by atoms with E-state index in [1.54, 1.807) is 0 Å². The molecule has 1 aliphatic carbocycles. The summed E-state index contributed by atoms with van der Waals surface area (Å²) >= 11 is 0. The van der Waals surface area contributed by atoms with Crippen LogP contribution in [0.2, 0.25) is 19.6 Å². The summed E-state index contributed by atoms with van der Waals surface area (Å²) in [6.45, 7) is 12.0. The van der Waals surface area contributed by atoms with Gasteiger partial charge in [-0.05, 0) is 65.6 Å². The smallest absolute Gasteiger partial charge is 0.144 e. The molecule has 1 aliphatic rings. The predicted molar refractivity (Wildman–Crippen MR) is 130 cm³/mol. The van der Waals surface area contributed by atoms with Crippen LogP contribution in [-0.2, 0) is 0 Å². The van der Waals surface area contributed by atoms with Crippen molar-refractivity contribution >= 4 is 35.2 Å². The lowest BCUT2D eigenvalue weighted by atomic mass is 9.95. The summed E-state index contributed by atoms with van der Waals surface area (Å²) in [5, 5.41) is 3.97. The van der Waals surface area contributed by atoms with Crippen LogP contribution in [0, 0.1) is 11.8 Å². The van der Waals surface area contributed by atoms with Gasteiger partial charge in [0.05, 0.1) is 13.8 Å². The van der Waals surface area contributed by atoms with E-state index in [9.17, 15) is 0 Å². The van der Waals surface area contributed by atoms with E-state index in [4.69, 9.17) is 9.40 Å². The summed E-state index contributed by atoms with van der Waals surface area (Å²) in [4.78, 5) is 4.78. The number of fused-ring (bicyclic) bond motifs is 3. The molecule has 0 aliphatic heterocycles. The quantitative estimate of drug-likeness (QED) is 0.328. The molecule has 0 saturated heterocycles. The lowest BCUT2D eigenvalue weighted by molar-refractivity contribution is 0.457. The molecule has 0 amide bonds. The Morgan fingerprint density at radius 3 is 2.40 bits per heavy atom. The third-order valence-corrected chi connectivity index (χ3v) is 9.18. The van der Waals surface area contributed by atoms with Gasteiger partial charge in [-0.1, -0.05) is 57.8 Å². The minimum absolute atomic E-state index is 0.643. The molecular formula is C27H31NOSi. The molecular weight excluding hydrogens is 382 g/mol. The maximum absolute atomic E-state index is 6.46. The van der Waals surface area contributed by atoms with Gasteiger partial charge in [0.15, 0.2) is 0 Å². The average molecular weight is 414 g/mol. The Balaban J connectivity index is 1.70. The molecule has 2 aromatic carbocycles. The predicted octanol–water partition coefficient (Wildman–Crippen LogP) is 7.34. The van der Waals surface area contributed by atoms with E-state index >= 15 is 0 Å². The first kappa shape index (κ1) is 19.6. The van der Waals surface area contributed by atoms with Crippen LogP contribution in [-0.4, -0.2) is 13.1 Å². The average Bonchev–Trinajstić information content (AvgIpc) is 3.27. The monoisotopic (exact) mass is 413 g/mol. The maximum Gasteiger partial charge on any atom is 0.144 e. The molecule has 0 radical (unpaired) electrons. The van der Waals surface area contributed by atoms with E-state index in [0.29, 0.717) is 5.92 Å². The largest absolute Gasteiger partial charge is 0.455 e. The Labute approximate surface area is 180 Å². The number of aromatic nitrogens is 1. The number of hydrogen-bond acceptors (Lipinski definition) is 2. The zero-order chi connectivity index (χ0) is 21.0. The fourth-order valence-electron chi connectivity index (χ4n) is 5.23. The summed E-state index contributed by atoms with van der Waals surface area (Å²) in [5.41, 5.74) is 5.53. The molecule has 3 heteroatoms. The number of rotatable bonds is 3. The maximum atomic E-state index is 6.46. The molecule has 2 atom stereocenters. The van der Waals surface area contributed by atoms with Crippen molar-refractivity contribution in [3.63, 3.8) is 0 Å². The first-order valence-corrected chi connectivity index (χ1v) is 14.7. The van der Waals surface area contributed by atoms with E-state index < -0.39 is 8.07 Å². The molecule has 2 aromatic heterocycles. The minimum atomic E-state index is -1.53. The van der Waals surface area contributed by atoms with Crippen LogP contribution in [0.4, 0.5) is 0 Å². The molecule has 2 nitrogen and oxygen atoms in total. The van der Waals surface area contributed by atoms with Crippen LogP contribution < -0.4 is 5.19 Å². The molecule has 2 heterocycles. The van der Waals surface area contributed by atoms with Crippen molar-refractivity contribution in [2.45, 2.75) is 52.2 Å².